The maximum atomic E-state index is 11.8. The molecule has 1 atom stereocenters. The van der Waals surface area contributed by atoms with Crippen molar-refractivity contribution in [3.05, 3.63) is 34.9 Å². The van der Waals surface area contributed by atoms with Gasteiger partial charge in [-0.15, -0.1) is 0 Å². The van der Waals surface area contributed by atoms with Gasteiger partial charge in [0.05, 0.1) is 5.92 Å². The summed E-state index contributed by atoms with van der Waals surface area (Å²) in [6.07, 6.45) is 2.01. The predicted octanol–water partition coefficient (Wildman–Crippen LogP) is 2.47. The van der Waals surface area contributed by atoms with Crippen molar-refractivity contribution in [2.45, 2.75) is 32.6 Å². The Kier molecular flexibility index (Phi) is 8.86. The van der Waals surface area contributed by atoms with Gasteiger partial charge in [0, 0.05) is 30.1 Å². The van der Waals surface area contributed by atoms with Gasteiger partial charge in [0.15, 0.2) is 0 Å². The summed E-state index contributed by atoms with van der Waals surface area (Å²) in [5, 5.41) is 14.9. The lowest BCUT2D eigenvalue weighted by Gasteiger charge is -2.12. The highest BCUT2D eigenvalue weighted by Gasteiger charge is 2.17. The van der Waals surface area contributed by atoms with Gasteiger partial charge in [0.2, 0.25) is 5.91 Å². The summed E-state index contributed by atoms with van der Waals surface area (Å²) >= 11 is 5.76. The lowest BCUT2D eigenvalue weighted by atomic mass is 10.0. The molecular formula is C17H23ClN2O4. The zero-order valence-electron chi connectivity index (χ0n) is 13.7. The Labute approximate surface area is 146 Å². The number of rotatable bonds is 10. The molecule has 1 rings (SSSR count). The number of halogens is 1. The van der Waals surface area contributed by atoms with Gasteiger partial charge in [-0.3, -0.25) is 14.4 Å². The SMILES string of the molecule is CCCC(CNC(=O)CCCNC(=O)c1ccc(Cl)cc1)C(=O)O. The van der Waals surface area contributed by atoms with Gasteiger partial charge in [-0.05, 0) is 37.1 Å². The van der Waals surface area contributed by atoms with Crippen LogP contribution in [0, 0.1) is 5.92 Å². The molecule has 7 heteroatoms. The van der Waals surface area contributed by atoms with E-state index in [0.717, 1.165) is 6.42 Å². The normalized spacial score (nSPS) is 11.6. The highest BCUT2D eigenvalue weighted by Crippen LogP contribution is 2.09. The molecule has 0 aliphatic carbocycles. The summed E-state index contributed by atoms with van der Waals surface area (Å²) in [7, 11) is 0. The summed E-state index contributed by atoms with van der Waals surface area (Å²) in [5.41, 5.74) is 0.507. The third-order valence-electron chi connectivity index (χ3n) is 3.50. The van der Waals surface area contributed by atoms with Crippen LogP contribution in [-0.4, -0.2) is 36.0 Å². The number of amides is 2. The van der Waals surface area contributed by atoms with E-state index in [2.05, 4.69) is 10.6 Å². The Morgan fingerprint density at radius 2 is 1.83 bits per heavy atom. The number of benzene rings is 1. The summed E-state index contributed by atoms with van der Waals surface area (Å²) in [6, 6.07) is 6.53. The van der Waals surface area contributed by atoms with Crippen LogP contribution in [0.4, 0.5) is 0 Å². The van der Waals surface area contributed by atoms with Crippen LogP contribution in [-0.2, 0) is 9.59 Å². The van der Waals surface area contributed by atoms with E-state index < -0.39 is 11.9 Å². The van der Waals surface area contributed by atoms with Gasteiger partial charge in [0.25, 0.3) is 5.91 Å². The van der Waals surface area contributed by atoms with E-state index in [0.29, 0.717) is 30.0 Å². The van der Waals surface area contributed by atoms with Crippen molar-refractivity contribution < 1.29 is 19.5 Å². The first kappa shape index (κ1) is 20.0. The van der Waals surface area contributed by atoms with Crippen LogP contribution in [0.3, 0.4) is 0 Å². The van der Waals surface area contributed by atoms with Crippen LogP contribution < -0.4 is 10.6 Å². The van der Waals surface area contributed by atoms with Gasteiger partial charge in [-0.25, -0.2) is 0 Å². The van der Waals surface area contributed by atoms with E-state index in [9.17, 15) is 14.4 Å². The minimum absolute atomic E-state index is 0.138. The summed E-state index contributed by atoms with van der Waals surface area (Å²) in [6.45, 7) is 2.41. The van der Waals surface area contributed by atoms with Gasteiger partial charge in [-0.2, -0.15) is 0 Å². The average Bonchev–Trinajstić information content (AvgIpc) is 2.55. The summed E-state index contributed by atoms with van der Waals surface area (Å²) < 4.78 is 0. The Bertz CT molecular complexity index is 560. The molecule has 0 aliphatic rings. The zero-order chi connectivity index (χ0) is 17.9. The zero-order valence-corrected chi connectivity index (χ0v) is 14.4. The number of carboxylic acids is 1. The quantitative estimate of drug-likeness (QED) is 0.562. The molecule has 0 radical (unpaired) electrons. The number of carbonyl (C=O) groups excluding carboxylic acids is 2. The summed E-state index contributed by atoms with van der Waals surface area (Å²) in [4.78, 5) is 34.5. The third-order valence-corrected chi connectivity index (χ3v) is 3.76. The Morgan fingerprint density at radius 3 is 2.42 bits per heavy atom. The van der Waals surface area contributed by atoms with E-state index in [1.807, 2.05) is 6.92 Å². The molecule has 1 aromatic rings. The lowest BCUT2D eigenvalue weighted by molar-refractivity contribution is -0.141. The van der Waals surface area contributed by atoms with Crippen molar-refractivity contribution in [3.63, 3.8) is 0 Å². The predicted molar refractivity (Wildman–Crippen MR) is 92.1 cm³/mol. The van der Waals surface area contributed by atoms with Crippen LogP contribution >= 0.6 is 11.6 Å². The van der Waals surface area contributed by atoms with E-state index in [1.165, 1.54) is 0 Å². The van der Waals surface area contributed by atoms with Crippen molar-refractivity contribution in [1.82, 2.24) is 10.6 Å². The van der Waals surface area contributed by atoms with Gasteiger partial charge >= 0.3 is 5.97 Å². The number of aliphatic carboxylic acids is 1. The maximum absolute atomic E-state index is 11.8. The van der Waals surface area contributed by atoms with Crippen LogP contribution in [0.1, 0.15) is 43.0 Å². The molecule has 6 nitrogen and oxygen atoms in total. The van der Waals surface area contributed by atoms with Crippen LogP contribution in [0.5, 0.6) is 0 Å². The average molecular weight is 355 g/mol. The van der Waals surface area contributed by atoms with E-state index in [1.54, 1.807) is 24.3 Å². The van der Waals surface area contributed by atoms with E-state index in [-0.39, 0.29) is 24.8 Å². The highest BCUT2D eigenvalue weighted by molar-refractivity contribution is 6.30. The monoisotopic (exact) mass is 354 g/mol. The molecule has 24 heavy (non-hydrogen) atoms. The molecule has 1 aromatic carbocycles. The highest BCUT2D eigenvalue weighted by atomic mass is 35.5. The summed E-state index contributed by atoms with van der Waals surface area (Å²) in [5.74, 6) is -1.88. The lowest BCUT2D eigenvalue weighted by Crippen LogP contribution is -2.33. The number of carbonyl (C=O) groups is 3. The molecule has 0 saturated heterocycles. The van der Waals surface area contributed by atoms with Crippen molar-refractivity contribution in [3.8, 4) is 0 Å². The minimum Gasteiger partial charge on any atom is -0.481 e. The fourth-order valence-corrected chi connectivity index (χ4v) is 2.27. The number of nitrogens with one attached hydrogen (secondary N) is 2. The Hall–Kier alpha value is -2.08. The van der Waals surface area contributed by atoms with E-state index >= 15 is 0 Å². The number of carboxylic acid groups (broad SMARTS) is 1. The smallest absolute Gasteiger partial charge is 0.308 e. The molecule has 0 saturated carbocycles. The molecule has 1 unspecified atom stereocenters. The molecule has 0 heterocycles. The van der Waals surface area contributed by atoms with Gasteiger partial charge < -0.3 is 15.7 Å². The second kappa shape index (κ2) is 10.6. The maximum Gasteiger partial charge on any atom is 0.308 e. The van der Waals surface area contributed by atoms with Crippen LogP contribution in [0.15, 0.2) is 24.3 Å². The van der Waals surface area contributed by atoms with Crippen molar-refractivity contribution in [2.24, 2.45) is 5.92 Å². The topological polar surface area (TPSA) is 95.5 Å². The first-order valence-electron chi connectivity index (χ1n) is 7.97. The van der Waals surface area contributed by atoms with Crippen LogP contribution in [0.2, 0.25) is 5.02 Å². The molecule has 0 bridgehead atoms. The molecule has 3 N–H and O–H groups in total. The fraction of sp³-hybridized carbons (Fsp3) is 0.471. The molecule has 132 valence electrons. The molecule has 0 aromatic heterocycles. The van der Waals surface area contributed by atoms with Crippen LogP contribution in [0.25, 0.3) is 0 Å². The van der Waals surface area contributed by atoms with Gasteiger partial charge in [0.1, 0.15) is 0 Å². The van der Waals surface area contributed by atoms with Crippen molar-refractivity contribution in [1.29, 1.82) is 0 Å². The first-order chi connectivity index (χ1) is 11.4. The van der Waals surface area contributed by atoms with Crippen molar-refractivity contribution >= 4 is 29.4 Å². The molecule has 0 aliphatic heterocycles. The minimum atomic E-state index is -0.896. The number of hydrogen-bond donors (Lipinski definition) is 3. The second-order valence-corrected chi connectivity index (χ2v) is 5.93. The van der Waals surface area contributed by atoms with Crippen molar-refractivity contribution in [2.75, 3.05) is 13.1 Å². The molecular weight excluding hydrogens is 332 g/mol. The second-order valence-electron chi connectivity index (χ2n) is 5.49. The molecule has 2 amide bonds. The standard InChI is InChI=1S/C17H23ClN2O4/c1-2-4-13(17(23)24)11-20-15(21)5-3-10-19-16(22)12-6-8-14(18)9-7-12/h6-9,13H,2-5,10-11H2,1H3,(H,19,22)(H,20,21)(H,23,24). The third kappa shape index (κ3) is 7.46. The fourth-order valence-electron chi connectivity index (χ4n) is 2.14. The molecule has 0 fully saturated rings. The first-order valence-corrected chi connectivity index (χ1v) is 8.35. The molecule has 0 spiro atoms. The Morgan fingerprint density at radius 1 is 1.17 bits per heavy atom. The van der Waals surface area contributed by atoms with Gasteiger partial charge in [-0.1, -0.05) is 24.9 Å². The Balaban J connectivity index is 2.22. The largest absolute Gasteiger partial charge is 0.481 e. The number of hydrogen-bond acceptors (Lipinski definition) is 3. The van der Waals surface area contributed by atoms with E-state index in [4.69, 9.17) is 16.7 Å².